The van der Waals surface area contributed by atoms with Crippen molar-refractivity contribution in [3.63, 3.8) is 0 Å². The summed E-state index contributed by atoms with van der Waals surface area (Å²) in [4.78, 5) is 4.23. The van der Waals surface area contributed by atoms with Gasteiger partial charge < -0.3 is 4.74 Å². The number of halogens is 1. The van der Waals surface area contributed by atoms with E-state index < -0.39 is 0 Å². The molecule has 0 fully saturated rings. The van der Waals surface area contributed by atoms with Crippen LogP contribution >= 0.6 is 0 Å². The number of pyridine rings is 1. The van der Waals surface area contributed by atoms with Gasteiger partial charge in [0.1, 0.15) is 18.2 Å². The van der Waals surface area contributed by atoms with Gasteiger partial charge in [-0.05, 0) is 47.0 Å². The van der Waals surface area contributed by atoms with Gasteiger partial charge in [0.15, 0.2) is 0 Å². The Hall–Kier alpha value is -3.71. The van der Waals surface area contributed by atoms with E-state index in [4.69, 9.17) is 4.74 Å². The van der Waals surface area contributed by atoms with Crippen LogP contribution < -0.4 is 4.74 Å². The minimum atomic E-state index is -0.319. The standard InChI is InChI=1S/C23H15FN2O/c24-19-9-10-22-21(13-19)23(11-12-26-22)27-15-16-5-7-17(8-6-16)20-4-2-1-3-18(20)14-25/h1-13H,15H2. The molecule has 0 saturated carbocycles. The van der Waals surface area contributed by atoms with Crippen molar-refractivity contribution in [1.82, 2.24) is 4.98 Å². The molecule has 4 aromatic rings. The summed E-state index contributed by atoms with van der Waals surface area (Å²) in [6.07, 6.45) is 1.65. The molecule has 4 rings (SSSR count). The minimum Gasteiger partial charge on any atom is -0.488 e. The Morgan fingerprint density at radius 3 is 2.59 bits per heavy atom. The van der Waals surface area contributed by atoms with Gasteiger partial charge in [-0.3, -0.25) is 4.98 Å². The third-order valence-electron chi connectivity index (χ3n) is 4.37. The van der Waals surface area contributed by atoms with Crippen molar-refractivity contribution < 1.29 is 9.13 Å². The summed E-state index contributed by atoms with van der Waals surface area (Å²) in [5, 5.41) is 9.90. The van der Waals surface area contributed by atoms with Crippen molar-refractivity contribution >= 4 is 10.9 Å². The maximum atomic E-state index is 13.5. The predicted octanol–water partition coefficient (Wildman–Crippen LogP) is 5.49. The summed E-state index contributed by atoms with van der Waals surface area (Å²) >= 11 is 0. The van der Waals surface area contributed by atoms with Crippen LogP contribution in [0.25, 0.3) is 22.0 Å². The summed E-state index contributed by atoms with van der Waals surface area (Å²) in [7, 11) is 0. The van der Waals surface area contributed by atoms with Crippen molar-refractivity contribution in [2.45, 2.75) is 6.61 Å². The molecule has 130 valence electrons. The van der Waals surface area contributed by atoms with Crippen molar-refractivity contribution in [2.24, 2.45) is 0 Å². The maximum absolute atomic E-state index is 13.5. The molecule has 3 aromatic carbocycles. The van der Waals surface area contributed by atoms with Gasteiger partial charge in [-0.25, -0.2) is 4.39 Å². The van der Waals surface area contributed by atoms with Crippen LogP contribution in [0.4, 0.5) is 4.39 Å². The fourth-order valence-electron chi connectivity index (χ4n) is 2.99. The first-order valence-corrected chi connectivity index (χ1v) is 8.50. The van der Waals surface area contributed by atoms with Gasteiger partial charge in [-0.1, -0.05) is 42.5 Å². The van der Waals surface area contributed by atoms with E-state index in [0.29, 0.717) is 28.8 Å². The first-order valence-electron chi connectivity index (χ1n) is 8.50. The molecule has 0 aliphatic carbocycles. The van der Waals surface area contributed by atoms with Gasteiger partial charge in [0.05, 0.1) is 17.1 Å². The number of hydrogen-bond acceptors (Lipinski definition) is 3. The highest BCUT2D eigenvalue weighted by Crippen LogP contribution is 2.27. The summed E-state index contributed by atoms with van der Waals surface area (Å²) in [5.41, 5.74) is 4.20. The van der Waals surface area contributed by atoms with Gasteiger partial charge in [0.25, 0.3) is 0 Å². The molecule has 0 N–H and O–H groups in total. The first kappa shape index (κ1) is 16.7. The number of fused-ring (bicyclic) bond motifs is 1. The Morgan fingerprint density at radius 1 is 0.963 bits per heavy atom. The second kappa shape index (κ2) is 7.27. The molecular weight excluding hydrogens is 339 g/mol. The Balaban J connectivity index is 1.55. The molecule has 0 spiro atoms. The summed E-state index contributed by atoms with van der Waals surface area (Å²) < 4.78 is 19.4. The zero-order valence-corrected chi connectivity index (χ0v) is 14.4. The van der Waals surface area contributed by atoms with Crippen molar-refractivity contribution in [3.8, 4) is 22.9 Å². The number of ether oxygens (including phenoxy) is 1. The average molecular weight is 354 g/mol. The molecule has 3 nitrogen and oxygen atoms in total. The van der Waals surface area contributed by atoms with Crippen LogP contribution in [0.2, 0.25) is 0 Å². The molecule has 0 aliphatic rings. The highest BCUT2D eigenvalue weighted by molar-refractivity contribution is 5.84. The van der Waals surface area contributed by atoms with Crippen molar-refractivity contribution in [2.75, 3.05) is 0 Å². The zero-order valence-electron chi connectivity index (χ0n) is 14.4. The fourth-order valence-corrected chi connectivity index (χ4v) is 2.99. The SMILES string of the molecule is N#Cc1ccccc1-c1ccc(COc2ccnc3ccc(F)cc23)cc1. The van der Waals surface area contributed by atoms with Crippen LogP contribution in [0.15, 0.2) is 79.0 Å². The van der Waals surface area contributed by atoms with E-state index in [1.807, 2.05) is 42.5 Å². The van der Waals surface area contributed by atoms with Gasteiger partial charge in [-0.15, -0.1) is 0 Å². The molecule has 0 saturated heterocycles. The number of benzene rings is 3. The summed E-state index contributed by atoms with van der Waals surface area (Å²) in [5.74, 6) is 0.277. The molecule has 1 aromatic heterocycles. The molecule has 27 heavy (non-hydrogen) atoms. The fraction of sp³-hybridized carbons (Fsp3) is 0.0435. The molecule has 1 heterocycles. The minimum absolute atomic E-state index is 0.319. The Labute approximate surface area is 156 Å². The molecule has 0 amide bonds. The van der Waals surface area contributed by atoms with Gasteiger partial charge >= 0.3 is 0 Å². The lowest BCUT2D eigenvalue weighted by Crippen LogP contribution is -1.97. The molecule has 0 unspecified atom stereocenters. The van der Waals surface area contributed by atoms with Gasteiger partial charge in [0.2, 0.25) is 0 Å². The number of hydrogen-bond donors (Lipinski definition) is 0. The summed E-state index contributed by atoms with van der Waals surface area (Å²) in [6, 6.07) is 23.8. The molecule has 0 aliphatic heterocycles. The van der Waals surface area contributed by atoms with Crippen LogP contribution in [-0.4, -0.2) is 4.98 Å². The Kier molecular flexibility index (Phi) is 4.51. The van der Waals surface area contributed by atoms with E-state index in [2.05, 4.69) is 11.1 Å². The number of rotatable bonds is 4. The van der Waals surface area contributed by atoms with E-state index in [1.165, 1.54) is 12.1 Å². The number of nitrogens with zero attached hydrogens (tertiary/aromatic N) is 2. The molecule has 0 bridgehead atoms. The zero-order chi connectivity index (χ0) is 18.6. The van der Waals surface area contributed by atoms with Crippen LogP contribution in [0, 0.1) is 17.1 Å². The molecular formula is C23H15FN2O. The second-order valence-electron chi connectivity index (χ2n) is 6.11. The first-order chi connectivity index (χ1) is 13.2. The lowest BCUT2D eigenvalue weighted by Gasteiger charge is -2.10. The van der Waals surface area contributed by atoms with E-state index in [1.54, 1.807) is 24.4 Å². The average Bonchev–Trinajstić information content (AvgIpc) is 2.72. The van der Waals surface area contributed by atoms with E-state index in [9.17, 15) is 9.65 Å². The third-order valence-corrected chi connectivity index (χ3v) is 4.37. The normalized spacial score (nSPS) is 10.5. The molecule has 0 atom stereocenters. The van der Waals surface area contributed by atoms with Crippen LogP contribution in [0.1, 0.15) is 11.1 Å². The Bertz CT molecular complexity index is 1150. The van der Waals surface area contributed by atoms with Crippen LogP contribution in [-0.2, 0) is 6.61 Å². The quantitative estimate of drug-likeness (QED) is 0.487. The Morgan fingerprint density at radius 2 is 1.78 bits per heavy atom. The largest absolute Gasteiger partial charge is 0.488 e. The second-order valence-corrected chi connectivity index (χ2v) is 6.11. The van der Waals surface area contributed by atoms with Gasteiger partial charge in [0, 0.05) is 11.6 Å². The van der Waals surface area contributed by atoms with E-state index >= 15 is 0 Å². The highest BCUT2D eigenvalue weighted by atomic mass is 19.1. The van der Waals surface area contributed by atoms with Crippen molar-refractivity contribution in [3.05, 3.63) is 95.9 Å². The third kappa shape index (κ3) is 3.49. The van der Waals surface area contributed by atoms with E-state index in [-0.39, 0.29) is 5.82 Å². The number of aromatic nitrogens is 1. The monoisotopic (exact) mass is 354 g/mol. The maximum Gasteiger partial charge on any atom is 0.130 e. The van der Waals surface area contributed by atoms with Crippen molar-refractivity contribution in [1.29, 1.82) is 5.26 Å². The van der Waals surface area contributed by atoms with E-state index in [0.717, 1.165) is 16.7 Å². The van der Waals surface area contributed by atoms with Crippen LogP contribution in [0.5, 0.6) is 5.75 Å². The number of nitriles is 1. The lowest BCUT2D eigenvalue weighted by molar-refractivity contribution is 0.310. The van der Waals surface area contributed by atoms with Gasteiger partial charge in [-0.2, -0.15) is 5.26 Å². The molecule has 4 heteroatoms. The molecule has 0 radical (unpaired) electrons. The lowest BCUT2D eigenvalue weighted by atomic mass is 9.99. The summed E-state index contributed by atoms with van der Waals surface area (Å²) in [6.45, 7) is 0.357. The van der Waals surface area contributed by atoms with Crippen LogP contribution in [0.3, 0.4) is 0 Å². The highest BCUT2D eigenvalue weighted by Gasteiger charge is 2.07. The predicted molar refractivity (Wildman–Crippen MR) is 103 cm³/mol. The smallest absolute Gasteiger partial charge is 0.130 e. The topological polar surface area (TPSA) is 45.9 Å².